The van der Waals surface area contributed by atoms with Gasteiger partial charge in [0.2, 0.25) is 0 Å². The highest BCUT2D eigenvalue weighted by atomic mass is 16.3. The number of hydrogen-bond donors (Lipinski definition) is 2. The van der Waals surface area contributed by atoms with Gasteiger partial charge in [0.1, 0.15) is 0 Å². The minimum Gasteiger partial charge on any atom is -0.396 e. The van der Waals surface area contributed by atoms with Crippen molar-refractivity contribution in [2.24, 2.45) is 5.92 Å². The number of amides is 2. The Labute approximate surface area is 151 Å². The van der Waals surface area contributed by atoms with Crippen LogP contribution in [0, 0.1) is 5.92 Å². The molecule has 3 rings (SSSR count). The summed E-state index contributed by atoms with van der Waals surface area (Å²) >= 11 is 0. The molecule has 2 amide bonds. The van der Waals surface area contributed by atoms with Gasteiger partial charge in [-0.15, -0.1) is 0 Å². The highest BCUT2D eigenvalue weighted by Crippen LogP contribution is 2.20. The van der Waals surface area contributed by atoms with Crippen LogP contribution in [-0.4, -0.2) is 59.8 Å². The second-order valence-electron chi connectivity index (χ2n) is 7.43. The first-order chi connectivity index (χ1) is 12.3. The van der Waals surface area contributed by atoms with Gasteiger partial charge in [-0.05, 0) is 43.7 Å². The Balaban J connectivity index is 1.50. The third kappa shape index (κ3) is 5.19. The van der Waals surface area contributed by atoms with Gasteiger partial charge in [0.05, 0.1) is 0 Å². The van der Waals surface area contributed by atoms with E-state index in [2.05, 4.69) is 40.5 Å². The minimum absolute atomic E-state index is 0.0309. The molecule has 1 aromatic rings. The Hall–Kier alpha value is -1.59. The summed E-state index contributed by atoms with van der Waals surface area (Å²) in [6.07, 6.45) is 5.63. The molecule has 5 heteroatoms. The van der Waals surface area contributed by atoms with E-state index < -0.39 is 0 Å². The van der Waals surface area contributed by atoms with E-state index in [1.54, 1.807) is 0 Å². The molecule has 5 nitrogen and oxygen atoms in total. The maximum Gasteiger partial charge on any atom is 0.317 e. The summed E-state index contributed by atoms with van der Waals surface area (Å²) < 4.78 is 0. The van der Waals surface area contributed by atoms with Crippen molar-refractivity contribution in [2.75, 3.05) is 32.8 Å². The number of piperidine rings is 2. The summed E-state index contributed by atoms with van der Waals surface area (Å²) in [5.74, 6) is 0.240. The van der Waals surface area contributed by atoms with Gasteiger partial charge in [-0.3, -0.25) is 4.90 Å². The molecular weight excluding hydrogens is 314 g/mol. The van der Waals surface area contributed by atoms with Gasteiger partial charge in [0, 0.05) is 38.8 Å². The molecule has 0 spiro atoms. The van der Waals surface area contributed by atoms with Crippen molar-refractivity contribution in [3.8, 4) is 0 Å². The van der Waals surface area contributed by atoms with Crippen LogP contribution < -0.4 is 5.32 Å². The van der Waals surface area contributed by atoms with Crippen molar-refractivity contribution >= 4 is 6.03 Å². The smallest absolute Gasteiger partial charge is 0.317 e. The highest BCUT2D eigenvalue weighted by Gasteiger charge is 2.26. The summed E-state index contributed by atoms with van der Waals surface area (Å²) in [6, 6.07) is 11.0. The quantitative estimate of drug-likeness (QED) is 0.862. The first-order valence-electron chi connectivity index (χ1n) is 9.68. The average Bonchev–Trinajstić information content (AvgIpc) is 2.68. The van der Waals surface area contributed by atoms with E-state index in [0.717, 1.165) is 38.9 Å². The number of hydrogen-bond acceptors (Lipinski definition) is 3. The molecule has 2 aliphatic rings. The van der Waals surface area contributed by atoms with E-state index in [-0.39, 0.29) is 18.6 Å². The van der Waals surface area contributed by atoms with E-state index in [1.807, 2.05) is 4.90 Å². The fourth-order valence-electron chi connectivity index (χ4n) is 4.03. The molecule has 0 aromatic heterocycles. The Morgan fingerprint density at radius 1 is 1.12 bits per heavy atom. The lowest BCUT2D eigenvalue weighted by Gasteiger charge is -2.37. The van der Waals surface area contributed by atoms with Gasteiger partial charge in [-0.25, -0.2) is 4.79 Å². The fourth-order valence-corrected chi connectivity index (χ4v) is 4.03. The molecule has 138 valence electrons. The average molecular weight is 345 g/mol. The molecule has 2 N–H and O–H groups in total. The Kier molecular flexibility index (Phi) is 6.70. The summed E-state index contributed by atoms with van der Waals surface area (Å²) in [5.41, 5.74) is 1.34. The van der Waals surface area contributed by atoms with Crippen LogP contribution in [0.2, 0.25) is 0 Å². The molecule has 2 heterocycles. The van der Waals surface area contributed by atoms with Crippen molar-refractivity contribution in [1.82, 2.24) is 15.1 Å². The second-order valence-corrected chi connectivity index (χ2v) is 7.43. The molecule has 0 saturated carbocycles. The zero-order valence-corrected chi connectivity index (χ0v) is 15.1. The standard InChI is InChI=1S/C20H31N3O2/c24-16-18-9-6-12-23(15-18)20(25)21-13-19-10-4-5-11-22(19)14-17-7-2-1-3-8-17/h1-3,7-8,18-19,24H,4-6,9-16H2,(H,21,25). The monoisotopic (exact) mass is 345 g/mol. The lowest BCUT2D eigenvalue weighted by Crippen LogP contribution is -2.51. The van der Waals surface area contributed by atoms with Gasteiger partial charge in [-0.1, -0.05) is 36.8 Å². The van der Waals surface area contributed by atoms with Crippen LogP contribution in [0.25, 0.3) is 0 Å². The van der Waals surface area contributed by atoms with Crippen LogP contribution >= 0.6 is 0 Å². The predicted molar refractivity (Wildman–Crippen MR) is 99.3 cm³/mol. The number of carbonyl (C=O) groups excluding carboxylic acids is 1. The Morgan fingerprint density at radius 2 is 1.96 bits per heavy atom. The van der Waals surface area contributed by atoms with Crippen molar-refractivity contribution in [3.05, 3.63) is 35.9 Å². The summed E-state index contributed by atoms with van der Waals surface area (Å²) in [6.45, 7) is 4.44. The number of aliphatic hydroxyl groups is 1. The lowest BCUT2D eigenvalue weighted by atomic mass is 9.99. The number of urea groups is 1. The van der Waals surface area contributed by atoms with E-state index in [0.29, 0.717) is 19.1 Å². The molecule has 2 fully saturated rings. The van der Waals surface area contributed by atoms with Crippen LogP contribution in [0.5, 0.6) is 0 Å². The summed E-state index contributed by atoms with van der Waals surface area (Å²) in [4.78, 5) is 16.9. The number of carbonyl (C=O) groups is 1. The molecule has 2 aliphatic heterocycles. The molecule has 2 unspecified atom stereocenters. The Bertz CT molecular complexity index is 537. The van der Waals surface area contributed by atoms with Crippen molar-refractivity contribution < 1.29 is 9.90 Å². The third-order valence-electron chi connectivity index (χ3n) is 5.53. The molecule has 0 radical (unpaired) electrons. The van der Waals surface area contributed by atoms with Crippen LogP contribution in [0.1, 0.15) is 37.7 Å². The van der Waals surface area contributed by atoms with Crippen molar-refractivity contribution in [2.45, 2.75) is 44.7 Å². The number of nitrogens with one attached hydrogen (secondary N) is 1. The van der Waals surface area contributed by atoms with Crippen molar-refractivity contribution in [3.63, 3.8) is 0 Å². The van der Waals surface area contributed by atoms with Gasteiger partial charge in [0.25, 0.3) is 0 Å². The fraction of sp³-hybridized carbons (Fsp3) is 0.650. The van der Waals surface area contributed by atoms with E-state index in [4.69, 9.17) is 0 Å². The normalized spacial score (nSPS) is 24.9. The number of aliphatic hydroxyl groups excluding tert-OH is 1. The van der Waals surface area contributed by atoms with E-state index in [1.165, 1.54) is 18.4 Å². The maximum absolute atomic E-state index is 12.5. The van der Waals surface area contributed by atoms with Crippen LogP contribution in [0.4, 0.5) is 4.79 Å². The molecule has 25 heavy (non-hydrogen) atoms. The largest absolute Gasteiger partial charge is 0.396 e. The summed E-state index contributed by atoms with van der Waals surface area (Å²) in [7, 11) is 0. The van der Waals surface area contributed by atoms with Crippen molar-refractivity contribution in [1.29, 1.82) is 0 Å². The molecule has 2 atom stereocenters. The molecule has 0 bridgehead atoms. The predicted octanol–water partition coefficient (Wildman–Crippen LogP) is 2.46. The number of rotatable bonds is 5. The van der Waals surface area contributed by atoms with E-state index >= 15 is 0 Å². The minimum atomic E-state index is 0.0309. The zero-order valence-electron chi connectivity index (χ0n) is 15.1. The first-order valence-corrected chi connectivity index (χ1v) is 9.68. The van der Waals surface area contributed by atoms with Gasteiger partial charge in [-0.2, -0.15) is 0 Å². The zero-order chi connectivity index (χ0) is 17.5. The van der Waals surface area contributed by atoms with Crippen LogP contribution in [-0.2, 0) is 6.54 Å². The number of likely N-dealkylation sites (tertiary alicyclic amines) is 2. The van der Waals surface area contributed by atoms with Gasteiger partial charge >= 0.3 is 6.03 Å². The lowest BCUT2D eigenvalue weighted by molar-refractivity contribution is 0.118. The van der Waals surface area contributed by atoms with E-state index in [9.17, 15) is 9.90 Å². The third-order valence-corrected chi connectivity index (χ3v) is 5.53. The number of nitrogens with zero attached hydrogens (tertiary/aromatic N) is 2. The maximum atomic E-state index is 12.5. The van der Waals surface area contributed by atoms with Gasteiger partial charge in [0.15, 0.2) is 0 Å². The van der Waals surface area contributed by atoms with Crippen LogP contribution in [0.15, 0.2) is 30.3 Å². The number of benzene rings is 1. The Morgan fingerprint density at radius 3 is 2.76 bits per heavy atom. The summed E-state index contributed by atoms with van der Waals surface area (Å²) in [5, 5.41) is 12.5. The first kappa shape index (κ1) is 18.2. The second kappa shape index (κ2) is 9.20. The topological polar surface area (TPSA) is 55.8 Å². The van der Waals surface area contributed by atoms with Gasteiger partial charge < -0.3 is 15.3 Å². The molecule has 0 aliphatic carbocycles. The van der Waals surface area contributed by atoms with Crippen LogP contribution in [0.3, 0.4) is 0 Å². The SMILES string of the molecule is O=C(NCC1CCCCN1Cc1ccccc1)N1CCCC(CO)C1. The molecule has 2 saturated heterocycles. The molecule has 1 aromatic carbocycles. The molecular formula is C20H31N3O2. The highest BCUT2D eigenvalue weighted by molar-refractivity contribution is 5.74.